The first-order chi connectivity index (χ1) is 9.87. The molecule has 0 bridgehead atoms. The molecule has 0 amide bonds. The van der Waals surface area contributed by atoms with Crippen molar-refractivity contribution in [2.24, 2.45) is 0 Å². The van der Waals surface area contributed by atoms with Crippen molar-refractivity contribution in [1.29, 1.82) is 0 Å². The third-order valence-corrected chi connectivity index (χ3v) is 5.70. The standard InChI is InChI=1S/C13H15ClO6S/c1-19-12-10(13(15)16)5-8(14)6-11(12)21(17,18)9-3-2-4-20-7-9/h5-6,9H,2-4,7H2,1H3,(H,15,16). The van der Waals surface area contributed by atoms with Gasteiger partial charge in [0.05, 0.1) is 19.0 Å². The van der Waals surface area contributed by atoms with Gasteiger partial charge in [-0.15, -0.1) is 0 Å². The molecule has 6 nitrogen and oxygen atoms in total. The molecule has 0 saturated carbocycles. The van der Waals surface area contributed by atoms with Crippen LogP contribution in [-0.2, 0) is 14.6 Å². The summed E-state index contributed by atoms with van der Waals surface area (Å²) in [5.41, 5.74) is -0.277. The van der Waals surface area contributed by atoms with Crippen LogP contribution in [0.2, 0.25) is 5.02 Å². The molecular weight excluding hydrogens is 320 g/mol. The minimum atomic E-state index is -3.78. The topological polar surface area (TPSA) is 89.9 Å². The molecule has 21 heavy (non-hydrogen) atoms. The highest BCUT2D eigenvalue weighted by molar-refractivity contribution is 7.92. The molecule has 1 aromatic carbocycles. The molecule has 1 aliphatic rings. The normalized spacial score (nSPS) is 19.2. The summed E-state index contributed by atoms with van der Waals surface area (Å²) in [6, 6.07) is 2.38. The third-order valence-electron chi connectivity index (χ3n) is 3.32. The fourth-order valence-electron chi connectivity index (χ4n) is 2.28. The van der Waals surface area contributed by atoms with Gasteiger partial charge in [0.1, 0.15) is 10.5 Å². The van der Waals surface area contributed by atoms with E-state index in [9.17, 15) is 13.2 Å². The zero-order valence-corrected chi connectivity index (χ0v) is 12.9. The number of carboxylic acid groups (broad SMARTS) is 1. The summed E-state index contributed by atoms with van der Waals surface area (Å²) in [5.74, 6) is -1.50. The van der Waals surface area contributed by atoms with E-state index in [1.54, 1.807) is 0 Å². The fourth-order valence-corrected chi connectivity index (χ4v) is 4.42. The number of hydrogen-bond donors (Lipinski definition) is 1. The van der Waals surface area contributed by atoms with E-state index in [0.717, 1.165) is 0 Å². The van der Waals surface area contributed by atoms with Crippen molar-refractivity contribution in [3.8, 4) is 5.75 Å². The summed E-state index contributed by atoms with van der Waals surface area (Å²) < 4.78 is 35.6. The molecule has 1 aliphatic heterocycles. The van der Waals surface area contributed by atoms with Crippen molar-refractivity contribution in [3.05, 3.63) is 22.7 Å². The van der Waals surface area contributed by atoms with E-state index in [2.05, 4.69) is 0 Å². The zero-order valence-electron chi connectivity index (χ0n) is 11.3. The largest absolute Gasteiger partial charge is 0.494 e. The Bertz CT molecular complexity index is 649. The van der Waals surface area contributed by atoms with E-state index in [1.165, 1.54) is 19.2 Å². The second-order valence-corrected chi connectivity index (χ2v) is 7.31. The van der Waals surface area contributed by atoms with Gasteiger partial charge in [-0.2, -0.15) is 0 Å². The Morgan fingerprint density at radius 1 is 1.48 bits per heavy atom. The van der Waals surface area contributed by atoms with E-state index >= 15 is 0 Å². The highest BCUT2D eigenvalue weighted by Gasteiger charge is 2.34. The van der Waals surface area contributed by atoms with Gasteiger partial charge in [0, 0.05) is 11.6 Å². The number of methoxy groups -OCH3 is 1. The number of halogens is 1. The number of hydrogen-bond acceptors (Lipinski definition) is 5. The van der Waals surface area contributed by atoms with Gasteiger partial charge >= 0.3 is 5.97 Å². The van der Waals surface area contributed by atoms with Gasteiger partial charge in [-0.1, -0.05) is 11.6 Å². The summed E-state index contributed by atoms with van der Waals surface area (Å²) in [6.45, 7) is 0.611. The number of sulfone groups is 1. The molecule has 1 unspecified atom stereocenters. The molecule has 0 spiro atoms. The average Bonchev–Trinajstić information content (AvgIpc) is 2.47. The van der Waals surface area contributed by atoms with Gasteiger partial charge in [-0.05, 0) is 25.0 Å². The van der Waals surface area contributed by atoms with Crippen LogP contribution in [0.3, 0.4) is 0 Å². The second kappa shape index (κ2) is 6.21. The van der Waals surface area contributed by atoms with Crippen molar-refractivity contribution in [1.82, 2.24) is 0 Å². The number of benzene rings is 1. The summed E-state index contributed by atoms with van der Waals surface area (Å²) in [6.07, 6.45) is 1.10. The van der Waals surface area contributed by atoms with Crippen LogP contribution in [0.15, 0.2) is 17.0 Å². The van der Waals surface area contributed by atoms with Crippen LogP contribution in [0, 0.1) is 0 Å². The number of carbonyl (C=O) groups is 1. The summed E-state index contributed by atoms with van der Waals surface area (Å²) >= 11 is 5.85. The van der Waals surface area contributed by atoms with Gasteiger partial charge < -0.3 is 14.6 Å². The van der Waals surface area contributed by atoms with E-state index < -0.39 is 21.1 Å². The van der Waals surface area contributed by atoms with Crippen molar-refractivity contribution in [3.63, 3.8) is 0 Å². The Morgan fingerprint density at radius 3 is 2.71 bits per heavy atom. The van der Waals surface area contributed by atoms with Crippen LogP contribution >= 0.6 is 11.6 Å². The summed E-state index contributed by atoms with van der Waals surface area (Å²) in [4.78, 5) is 11.0. The van der Waals surface area contributed by atoms with Gasteiger partial charge in [-0.25, -0.2) is 13.2 Å². The summed E-state index contributed by atoms with van der Waals surface area (Å²) in [5, 5.41) is 8.47. The molecule has 8 heteroatoms. The lowest BCUT2D eigenvalue weighted by Crippen LogP contribution is -2.31. The molecule has 1 fully saturated rings. The van der Waals surface area contributed by atoms with Gasteiger partial charge in [-0.3, -0.25) is 0 Å². The van der Waals surface area contributed by atoms with Crippen molar-refractivity contribution in [2.45, 2.75) is 23.0 Å². The van der Waals surface area contributed by atoms with Gasteiger partial charge in [0.25, 0.3) is 0 Å². The smallest absolute Gasteiger partial charge is 0.339 e. The van der Waals surface area contributed by atoms with Crippen LogP contribution in [0.1, 0.15) is 23.2 Å². The summed E-state index contributed by atoms with van der Waals surface area (Å²) in [7, 11) is -2.55. The van der Waals surface area contributed by atoms with Crippen LogP contribution in [0.4, 0.5) is 0 Å². The first-order valence-corrected chi connectivity index (χ1v) is 8.23. The second-order valence-electron chi connectivity index (χ2n) is 4.67. The molecule has 116 valence electrons. The van der Waals surface area contributed by atoms with Gasteiger partial charge in [0.15, 0.2) is 15.6 Å². The molecule has 1 N–H and O–H groups in total. The highest BCUT2D eigenvalue weighted by atomic mass is 35.5. The third kappa shape index (κ3) is 3.14. The van der Waals surface area contributed by atoms with Crippen LogP contribution in [-0.4, -0.2) is 45.1 Å². The van der Waals surface area contributed by atoms with Crippen molar-refractivity contribution in [2.75, 3.05) is 20.3 Å². The highest BCUT2D eigenvalue weighted by Crippen LogP contribution is 2.35. The van der Waals surface area contributed by atoms with Crippen LogP contribution < -0.4 is 4.74 Å². The quantitative estimate of drug-likeness (QED) is 0.905. The monoisotopic (exact) mass is 334 g/mol. The first kappa shape index (κ1) is 16.1. The maximum atomic E-state index is 12.7. The maximum Gasteiger partial charge on any atom is 0.339 e. The number of carboxylic acids is 1. The van der Waals surface area contributed by atoms with Crippen molar-refractivity contribution < 1.29 is 27.8 Å². The van der Waals surface area contributed by atoms with Crippen LogP contribution in [0.25, 0.3) is 0 Å². The predicted molar refractivity (Wildman–Crippen MR) is 76.0 cm³/mol. The Balaban J connectivity index is 2.59. The van der Waals surface area contributed by atoms with E-state index in [4.69, 9.17) is 26.2 Å². The predicted octanol–water partition coefficient (Wildman–Crippen LogP) is 2.00. The molecule has 0 aliphatic carbocycles. The van der Waals surface area contributed by atoms with Gasteiger partial charge in [0.2, 0.25) is 0 Å². The van der Waals surface area contributed by atoms with E-state index in [1.807, 2.05) is 0 Å². The minimum absolute atomic E-state index is 0.0310. The molecule has 1 heterocycles. The Morgan fingerprint density at radius 2 is 2.19 bits per heavy atom. The maximum absolute atomic E-state index is 12.7. The molecule has 1 saturated heterocycles. The Kier molecular flexibility index (Phi) is 4.75. The Hall–Kier alpha value is -1.31. The Labute approximate surface area is 127 Å². The lowest BCUT2D eigenvalue weighted by molar-refractivity contribution is 0.0693. The molecule has 1 atom stereocenters. The lowest BCUT2D eigenvalue weighted by atomic mass is 10.2. The number of rotatable bonds is 4. The van der Waals surface area contributed by atoms with Crippen molar-refractivity contribution >= 4 is 27.4 Å². The fraction of sp³-hybridized carbons (Fsp3) is 0.462. The minimum Gasteiger partial charge on any atom is -0.494 e. The lowest BCUT2D eigenvalue weighted by Gasteiger charge is -2.23. The molecule has 1 aromatic rings. The molecule has 2 rings (SSSR count). The molecule has 0 radical (unpaired) electrons. The average molecular weight is 335 g/mol. The molecule has 0 aromatic heterocycles. The number of ether oxygens (including phenoxy) is 2. The molecular formula is C13H15ClO6S. The van der Waals surface area contributed by atoms with Crippen LogP contribution in [0.5, 0.6) is 5.75 Å². The zero-order chi connectivity index (χ0) is 15.6. The first-order valence-electron chi connectivity index (χ1n) is 6.30. The van der Waals surface area contributed by atoms with E-state index in [-0.39, 0.29) is 27.8 Å². The SMILES string of the molecule is COc1c(C(=O)O)cc(Cl)cc1S(=O)(=O)C1CCCOC1. The van der Waals surface area contributed by atoms with E-state index in [0.29, 0.717) is 19.4 Å². The number of aromatic carboxylic acids is 1.